The molecule has 0 spiro atoms. The lowest BCUT2D eigenvalue weighted by molar-refractivity contribution is 0.237. The van der Waals surface area contributed by atoms with E-state index in [0.29, 0.717) is 6.54 Å². The van der Waals surface area contributed by atoms with Crippen molar-refractivity contribution in [3.05, 3.63) is 40.5 Å². The molecule has 0 radical (unpaired) electrons. The Morgan fingerprint density at radius 1 is 1.36 bits per heavy atom. The van der Waals surface area contributed by atoms with Crippen molar-refractivity contribution in [1.29, 1.82) is 0 Å². The predicted molar refractivity (Wildman–Crippen MR) is 83.2 cm³/mol. The third-order valence-corrected chi connectivity index (χ3v) is 4.83. The molecule has 2 aromatic heterocycles. The topological polar surface area (TPSA) is 79.0 Å². The molecule has 22 heavy (non-hydrogen) atoms. The number of hydrogen-bond acceptors (Lipinski definition) is 5. The van der Waals surface area contributed by atoms with Gasteiger partial charge >= 0.3 is 0 Å². The van der Waals surface area contributed by atoms with Gasteiger partial charge in [0.25, 0.3) is 0 Å². The fourth-order valence-corrected chi connectivity index (χ4v) is 3.35. The molecule has 1 aliphatic rings. The first-order valence-electron chi connectivity index (χ1n) is 7.25. The van der Waals surface area contributed by atoms with E-state index in [-0.39, 0.29) is 5.16 Å². The first-order valence-corrected chi connectivity index (χ1v) is 9.14. The fraction of sp³-hybridized carbons (Fsp3) is 0.467. The number of H-pyrrole nitrogens is 1. The van der Waals surface area contributed by atoms with E-state index in [9.17, 15) is 8.42 Å². The van der Waals surface area contributed by atoms with Gasteiger partial charge in [0.05, 0.1) is 5.69 Å². The van der Waals surface area contributed by atoms with Crippen LogP contribution in [0.3, 0.4) is 0 Å². The highest BCUT2D eigenvalue weighted by atomic mass is 32.2. The number of rotatable bonds is 3. The van der Waals surface area contributed by atoms with Crippen molar-refractivity contribution in [1.82, 2.24) is 19.9 Å². The molecule has 3 heterocycles. The quantitative estimate of drug-likeness (QED) is 0.865. The number of aromatic amines is 1. The Balaban J connectivity index is 1.82. The van der Waals surface area contributed by atoms with Crippen LogP contribution in [0, 0.1) is 13.8 Å². The van der Waals surface area contributed by atoms with Crippen LogP contribution >= 0.6 is 0 Å². The molecule has 1 aliphatic heterocycles. The summed E-state index contributed by atoms with van der Waals surface area (Å²) in [7, 11) is -3.36. The highest BCUT2D eigenvalue weighted by Gasteiger charge is 2.21. The van der Waals surface area contributed by atoms with Gasteiger partial charge in [0.15, 0.2) is 0 Å². The van der Waals surface area contributed by atoms with E-state index in [1.54, 1.807) is 6.20 Å². The molecule has 7 heteroatoms. The van der Waals surface area contributed by atoms with Crippen molar-refractivity contribution >= 4 is 9.84 Å². The van der Waals surface area contributed by atoms with Gasteiger partial charge in [0, 0.05) is 43.5 Å². The molecule has 0 amide bonds. The second kappa shape index (κ2) is 5.48. The van der Waals surface area contributed by atoms with Crippen LogP contribution in [-0.2, 0) is 29.3 Å². The summed E-state index contributed by atoms with van der Waals surface area (Å²) in [5, 5.41) is -0.0833. The van der Waals surface area contributed by atoms with Crippen LogP contribution in [-0.4, -0.2) is 41.1 Å². The van der Waals surface area contributed by atoms with Gasteiger partial charge in [-0.25, -0.2) is 18.4 Å². The van der Waals surface area contributed by atoms with E-state index in [2.05, 4.69) is 32.8 Å². The zero-order chi connectivity index (χ0) is 15.9. The van der Waals surface area contributed by atoms with Crippen LogP contribution in [0.25, 0.3) is 0 Å². The molecular formula is C15H20N4O2S. The minimum Gasteiger partial charge on any atom is -0.361 e. The van der Waals surface area contributed by atoms with Gasteiger partial charge in [-0.2, -0.15) is 0 Å². The molecule has 0 fully saturated rings. The van der Waals surface area contributed by atoms with E-state index >= 15 is 0 Å². The molecule has 0 bridgehead atoms. The van der Waals surface area contributed by atoms with Gasteiger partial charge in [0.2, 0.25) is 15.0 Å². The van der Waals surface area contributed by atoms with Crippen LogP contribution in [0.15, 0.2) is 17.4 Å². The summed E-state index contributed by atoms with van der Waals surface area (Å²) in [6.45, 7) is 6.54. The molecule has 0 atom stereocenters. The number of aryl methyl sites for hydroxylation is 2. The first kappa shape index (κ1) is 15.2. The van der Waals surface area contributed by atoms with Crippen molar-refractivity contribution in [2.24, 2.45) is 0 Å². The smallest absolute Gasteiger partial charge is 0.247 e. The predicted octanol–water partition coefficient (Wildman–Crippen LogP) is 1.38. The van der Waals surface area contributed by atoms with Gasteiger partial charge < -0.3 is 4.98 Å². The Bertz CT molecular complexity index is 811. The molecule has 0 aliphatic carbocycles. The molecule has 3 rings (SSSR count). The van der Waals surface area contributed by atoms with Crippen LogP contribution in [0.2, 0.25) is 0 Å². The van der Waals surface area contributed by atoms with Crippen LogP contribution < -0.4 is 0 Å². The SMILES string of the molecule is Cc1cc(C)c(CN2CCc3cnc(S(C)(=O)=O)nc3C2)[nH]1. The van der Waals surface area contributed by atoms with Crippen molar-refractivity contribution in [3.63, 3.8) is 0 Å². The normalized spacial score (nSPS) is 15.8. The second-order valence-corrected chi connectivity index (χ2v) is 7.88. The Labute approximate surface area is 130 Å². The van der Waals surface area contributed by atoms with Gasteiger partial charge in [-0.1, -0.05) is 0 Å². The molecule has 0 saturated carbocycles. The molecule has 1 N–H and O–H groups in total. The number of hydrogen-bond donors (Lipinski definition) is 1. The standard InChI is InChI=1S/C15H20N4O2S/c1-10-6-11(2)17-13(10)8-19-5-4-12-7-16-15(22(3,20)21)18-14(12)9-19/h6-7,17H,4-5,8-9H2,1-3H3. The average molecular weight is 320 g/mol. The largest absolute Gasteiger partial charge is 0.361 e. The number of nitrogens with zero attached hydrogens (tertiary/aromatic N) is 3. The van der Waals surface area contributed by atoms with E-state index < -0.39 is 9.84 Å². The summed E-state index contributed by atoms with van der Waals surface area (Å²) in [6, 6.07) is 2.14. The van der Waals surface area contributed by atoms with E-state index in [1.165, 1.54) is 11.3 Å². The zero-order valence-corrected chi connectivity index (χ0v) is 13.9. The first-order chi connectivity index (χ1) is 10.3. The molecular weight excluding hydrogens is 300 g/mol. The van der Waals surface area contributed by atoms with Gasteiger partial charge in [-0.15, -0.1) is 0 Å². The van der Waals surface area contributed by atoms with Crippen molar-refractivity contribution in [2.45, 2.75) is 38.5 Å². The van der Waals surface area contributed by atoms with Crippen LogP contribution in [0.5, 0.6) is 0 Å². The van der Waals surface area contributed by atoms with Crippen LogP contribution in [0.4, 0.5) is 0 Å². The summed E-state index contributed by atoms with van der Waals surface area (Å²) in [6.07, 6.45) is 3.64. The lowest BCUT2D eigenvalue weighted by Crippen LogP contribution is -2.31. The molecule has 118 valence electrons. The van der Waals surface area contributed by atoms with Gasteiger partial charge in [-0.3, -0.25) is 4.90 Å². The van der Waals surface area contributed by atoms with Crippen molar-refractivity contribution in [2.75, 3.05) is 12.8 Å². The summed E-state index contributed by atoms with van der Waals surface area (Å²) in [5.41, 5.74) is 5.48. The molecule has 6 nitrogen and oxygen atoms in total. The number of fused-ring (bicyclic) bond motifs is 1. The molecule has 2 aromatic rings. The zero-order valence-electron chi connectivity index (χ0n) is 13.0. The summed E-state index contributed by atoms with van der Waals surface area (Å²) >= 11 is 0. The number of sulfone groups is 1. The summed E-state index contributed by atoms with van der Waals surface area (Å²) in [5.74, 6) is 0. The highest BCUT2D eigenvalue weighted by molar-refractivity contribution is 7.90. The second-order valence-electron chi connectivity index (χ2n) is 5.97. The lowest BCUT2D eigenvalue weighted by atomic mass is 10.1. The third-order valence-electron chi connectivity index (χ3n) is 3.97. The van der Waals surface area contributed by atoms with Crippen molar-refractivity contribution < 1.29 is 8.42 Å². The highest BCUT2D eigenvalue weighted by Crippen LogP contribution is 2.20. The molecule has 0 unspecified atom stereocenters. The van der Waals surface area contributed by atoms with E-state index in [4.69, 9.17) is 0 Å². The van der Waals surface area contributed by atoms with E-state index in [0.717, 1.165) is 42.7 Å². The number of aromatic nitrogens is 3. The third kappa shape index (κ3) is 3.05. The summed E-state index contributed by atoms with van der Waals surface area (Å²) < 4.78 is 23.2. The maximum Gasteiger partial charge on any atom is 0.247 e. The fourth-order valence-electron chi connectivity index (χ4n) is 2.82. The maximum absolute atomic E-state index is 11.6. The van der Waals surface area contributed by atoms with Gasteiger partial charge in [0.1, 0.15) is 0 Å². The Kier molecular flexibility index (Phi) is 3.78. The maximum atomic E-state index is 11.6. The minimum atomic E-state index is -3.36. The van der Waals surface area contributed by atoms with E-state index in [1.807, 2.05) is 6.92 Å². The Morgan fingerprint density at radius 2 is 2.14 bits per heavy atom. The minimum absolute atomic E-state index is 0.0833. The Morgan fingerprint density at radius 3 is 2.77 bits per heavy atom. The molecule has 0 saturated heterocycles. The van der Waals surface area contributed by atoms with Crippen molar-refractivity contribution in [3.8, 4) is 0 Å². The van der Waals surface area contributed by atoms with Gasteiger partial charge in [-0.05, 0) is 37.5 Å². The Hall–Kier alpha value is -1.73. The molecule has 0 aromatic carbocycles. The monoisotopic (exact) mass is 320 g/mol. The summed E-state index contributed by atoms with van der Waals surface area (Å²) in [4.78, 5) is 13.9. The van der Waals surface area contributed by atoms with Crippen LogP contribution in [0.1, 0.15) is 28.2 Å². The average Bonchev–Trinajstić information content (AvgIpc) is 2.75. The number of nitrogens with one attached hydrogen (secondary N) is 1. The lowest BCUT2D eigenvalue weighted by Gasteiger charge is -2.27.